The first-order chi connectivity index (χ1) is 8.77. The second-order valence-electron chi connectivity index (χ2n) is 5.47. The van der Waals surface area contributed by atoms with Gasteiger partial charge in [-0.3, -0.25) is 0 Å². The minimum atomic E-state index is 0.743. The molecule has 0 unspecified atom stereocenters. The van der Waals surface area contributed by atoms with Crippen molar-refractivity contribution < 1.29 is 0 Å². The summed E-state index contributed by atoms with van der Waals surface area (Å²) in [6.45, 7) is 7.95. The quantitative estimate of drug-likeness (QED) is 0.619. The first-order valence-electron chi connectivity index (χ1n) is 7.10. The van der Waals surface area contributed by atoms with E-state index in [4.69, 9.17) is 0 Å². The van der Waals surface area contributed by atoms with E-state index < -0.39 is 0 Å². The summed E-state index contributed by atoms with van der Waals surface area (Å²) in [5.41, 5.74) is 1.58. The molecule has 1 heterocycles. The van der Waals surface area contributed by atoms with Crippen LogP contribution in [0.15, 0.2) is 30.4 Å². The molecule has 0 amide bonds. The first kappa shape index (κ1) is 13.3. The maximum Gasteiger partial charge on any atom is 0.0945 e. The predicted molar refractivity (Wildman–Crippen MR) is 75.4 cm³/mol. The lowest BCUT2D eigenvalue weighted by Crippen LogP contribution is -2.30. The molecule has 0 bridgehead atoms. The number of imidazole rings is 1. The van der Waals surface area contributed by atoms with Crippen molar-refractivity contribution in [1.29, 1.82) is 0 Å². The van der Waals surface area contributed by atoms with Gasteiger partial charge in [-0.25, -0.2) is 4.98 Å². The van der Waals surface area contributed by atoms with E-state index in [1.54, 1.807) is 5.57 Å². The van der Waals surface area contributed by atoms with Crippen molar-refractivity contribution in [3.63, 3.8) is 0 Å². The van der Waals surface area contributed by atoms with E-state index >= 15 is 0 Å². The van der Waals surface area contributed by atoms with Gasteiger partial charge in [-0.1, -0.05) is 18.6 Å². The second kappa shape index (κ2) is 6.74. The van der Waals surface area contributed by atoms with E-state index in [1.165, 1.54) is 19.3 Å². The molecule has 2 atom stereocenters. The molecule has 1 aliphatic rings. The molecule has 0 saturated carbocycles. The number of nitrogens with one attached hydrogen (secondary N) is 1. The van der Waals surface area contributed by atoms with Crippen LogP contribution in [0.5, 0.6) is 0 Å². The standard InChI is InChI=1S/C15H25N3/c1-13-5-3-6-14(2)15(13)11-16-7-4-9-18-10-8-17-12-18/h5,8,10,12,14-16H,3-4,6-7,9,11H2,1-2H3/t14-,15-/m0/s1. The average Bonchev–Trinajstić information content (AvgIpc) is 2.85. The largest absolute Gasteiger partial charge is 0.337 e. The van der Waals surface area contributed by atoms with Gasteiger partial charge in [-0.05, 0) is 44.6 Å². The average molecular weight is 247 g/mol. The Bertz CT molecular complexity index is 367. The van der Waals surface area contributed by atoms with E-state index in [2.05, 4.69) is 34.8 Å². The van der Waals surface area contributed by atoms with Crippen LogP contribution in [0, 0.1) is 11.8 Å². The van der Waals surface area contributed by atoms with Crippen molar-refractivity contribution in [3.8, 4) is 0 Å². The molecular formula is C15H25N3. The van der Waals surface area contributed by atoms with Gasteiger partial charge in [0.2, 0.25) is 0 Å². The highest BCUT2D eigenvalue weighted by Crippen LogP contribution is 2.29. The number of aromatic nitrogens is 2. The van der Waals surface area contributed by atoms with Gasteiger partial charge in [0, 0.05) is 25.5 Å². The van der Waals surface area contributed by atoms with Crippen LogP contribution in [0.1, 0.15) is 33.1 Å². The summed E-state index contributed by atoms with van der Waals surface area (Å²) in [6, 6.07) is 0. The lowest BCUT2D eigenvalue weighted by atomic mass is 9.80. The topological polar surface area (TPSA) is 29.9 Å². The number of nitrogens with zero attached hydrogens (tertiary/aromatic N) is 2. The predicted octanol–water partition coefficient (Wildman–Crippen LogP) is 2.86. The molecule has 0 saturated heterocycles. The van der Waals surface area contributed by atoms with Gasteiger partial charge in [-0.15, -0.1) is 0 Å². The van der Waals surface area contributed by atoms with Gasteiger partial charge in [0.05, 0.1) is 6.33 Å². The molecule has 18 heavy (non-hydrogen) atoms. The van der Waals surface area contributed by atoms with Gasteiger partial charge in [0.15, 0.2) is 0 Å². The SMILES string of the molecule is CC1=CCC[C@H](C)[C@H]1CNCCCn1ccnc1. The number of rotatable bonds is 6. The Balaban J connectivity index is 1.63. The molecular weight excluding hydrogens is 222 g/mol. The lowest BCUT2D eigenvalue weighted by molar-refractivity contribution is 0.349. The van der Waals surface area contributed by atoms with Crippen molar-refractivity contribution >= 4 is 0 Å². The maximum atomic E-state index is 4.05. The molecule has 3 heteroatoms. The Labute approximate surface area is 110 Å². The van der Waals surface area contributed by atoms with E-state index in [0.29, 0.717) is 0 Å². The zero-order valence-corrected chi connectivity index (χ0v) is 11.6. The van der Waals surface area contributed by atoms with Crippen molar-refractivity contribution in [2.75, 3.05) is 13.1 Å². The zero-order valence-electron chi connectivity index (χ0n) is 11.6. The van der Waals surface area contributed by atoms with Gasteiger partial charge >= 0.3 is 0 Å². The summed E-state index contributed by atoms with van der Waals surface area (Å²) >= 11 is 0. The zero-order chi connectivity index (χ0) is 12.8. The Hall–Kier alpha value is -1.09. The highest BCUT2D eigenvalue weighted by atomic mass is 15.0. The van der Waals surface area contributed by atoms with Crippen molar-refractivity contribution in [2.45, 2.75) is 39.7 Å². The van der Waals surface area contributed by atoms with Crippen LogP contribution in [-0.4, -0.2) is 22.6 Å². The second-order valence-corrected chi connectivity index (χ2v) is 5.47. The van der Waals surface area contributed by atoms with Crippen molar-refractivity contribution in [1.82, 2.24) is 14.9 Å². The van der Waals surface area contributed by atoms with Crippen LogP contribution in [0.3, 0.4) is 0 Å². The molecule has 1 aromatic rings. The third-order valence-electron chi connectivity index (χ3n) is 4.05. The van der Waals surface area contributed by atoms with E-state index in [9.17, 15) is 0 Å². The molecule has 0 radical (unpaired) electrons. The van der Waals surface area contributed by atoms with Crippen LogP contribution in [-0.2, 0) is 6.54 Å². The monoisotopic (exact) mass is 247 g/mol. The first-order valence-corrected chi connectivity index (χ1v) is 7.10. The Kier molecular flexibility index (Phi) is 5.00. The lowest BCUT2D eigenvalue weighted by Gasteiger charge is -2.29. The minimum Gasteiger partial charge on any atom is -0.337 e. The molecule has 1 N–H and O–H groups in total. The summed E-state index contributed by atoms with van der Waals surface area (Å²) in [6.07, 6.45) is 11.9. The Morgan fingerprint density at radius 3 is 3.11 bits per heavy atom. The molecule has 3 nitrogen and oxygen atoms in total. The Morgan fingerprint density at radius 2 is 2.39 bits per heavy atom. The molecule has 0 aliphatic heterocycles. The van der Waals surface area contributed by atoms with Crippen molar-refractivity contribution in [3.05, 3.63) is 30.4 Å². The van der Waals surface area contributed by atoms with Gasteiger partial charge in [0.25, 0.3) is 0 Å². The molecule has 1 aromatic heterocycles. The number of aryl methyl sites for hydroxylation is 1. The highest BCUT2D eigenvalue weighted by Gasteiger charge is 2.21. The normalized spacial score (nSPS) is 24.0. The van der Waals surface area contributed by atoms with Crippen LogP contribution < -0.4 is 5.32 Å². The fraction of sp³-hybridized carbons (Fsp3) is 0.667. The number of hydrogen-bond donors (Lipinski definition) is 1. The number of hydrogen-bond acceptors (Lipinski definition) is 2. The summed E-state index contributed by atoms with van der Waals surface area (Å²) in [5.74, 6) is 1.57. The van der Waals surface area contributed by atoms with E-state index in [-0.39, 0.29) is 0 Å². The molecule has 2 rings (SSSR count). The Morgan fingerprint density at radius 1 is 1.50 bits per heavy atom. The minimum absolute atomic E-state index is 0.743. The third-order valence-corrected chi connectivity index (χ3v) is 4.05. The van der Waals surface area contributed by atoms with Gasteiger partial charge in [-0.2, -0.15) is 0 Å². The molecule has 0 fully saturated rings. The molecule has 1 aliphatic carbocycles. The highest BCUT2D eigenvalue weighted by molar-refractivity contribution is 5.09. The molecule has 100 valence electrons. The fourth-order valence-corrected chi connectivity index (χ4v) is 2.80. The van der Waals surface area contributed by atoms with Crippen LogP contribution in [0.25, 0.3) is 0 Å². The van der Waals surface area contributed by atoms with Gasteiger partial charge < -0.3 is 9.88 Å². The summed E-state index contributed by atoms with van der Waals surface area (Å²) < 4.78 is 2.13. The molecule has 0 aromatic carbocycles. The van der Waals surface area contributed by atoms with Crippen LogP contribution in [0.4, 0.5) is 0 Å². The van der Waals surface area contributed by atoms with E-state index in [1.807, 2.05) is 18.7 Å². The van der Waals surface area contributed by atoms with Crippen LogP contribution >= 0.6 is 0 Å². The summed E-state index contributed by atoms with van der Waals surface area (Å²) in [4.78, 5) is 4.05. The number of allylic oxidation sites excluding steroid dienone is 1. The van der Waals surface area contributed by atoms with Crippen LogP contribution in [0.2, 0.25) is 0 Å². The fourth-order valence-electron chi connectivity index (χ4n) is 2.80. The molecule has 0 spiro atoms. The van der Waals surface area contributed by atoms with E-state index in [0.717, 1.165) is 31.5 Å². The van der Waals surface area contributed by atoms with Gasteiger partial charge in [0.1, 0.15) is 0 Å². The summed E-state index contributed by atoms with van der Waals surface area (Å²) in [5, 5.41) is 3.60. The smallest absolute Gasteiger partial charge is 0.0945 e. The van der Waals surface area contributed by atoms with Crippen molar-refractivity contribution in [2.24, 2.45) is 11.8 Å². The maximum absolute atomic E-state index is 4.05. The summed E-state index contributed by atoms with van der Waals surface area (Å²) in [7, 11) is 0. The third kappa shape index (κ3) is 3.70.